The van der Waals surface area contributed by atoms with Gasteiger partial charge in [0.05, 0.1) is 7.11 Å². The molecule has 4 aromatic carbocycles. The zero-order valence-corrected chi connectivity index (χ0v) is 22.3. The van der Waals surface area contributed by atoms with Crippen LogP contribution in [0.3, 0.4) is 0 Å². The van der Waals surface area contributed by atoms with Crippen molar-refractivity contribution in [1.29, 1.82) is 0 Å². The highest BCUT2D eigenvalue weighted by molar-refractivity contribution is 6.35. The predicted octanol–water partition coefficient (Wildman–Crippen LogP) is 7.16. The van der Waals surface area contributed by atoms with Crippen LogP contribution < -0.4 is 10.1 Å². The monoisotopic (exact) mass is 532 g/mol. The third-order valence-corrected chi connectivity index (χ3v) is 7.61. The molecule has 37 heavy (non-hydrogen) atoms. The minimum absolute atomic E-state index is 0.0232. The summed E-state index contributed by atoms with van der Waals surface area (Å²) >= 11 is 12.4. The van der Waals surface area contributed by atoms with Gasteiger partial charge in [-0.2, -0.15) is 0 Å². The van der Waals surface area contributed by atoms with E-state index in [0.29, 0.717) is 28.2 Å². The molecule has 0 bridgehead atoms. The summed E-state index contributed by atoms with van der Waals surface area (Å²) in [6.07, 6.45) is 2.53. The van der Waals surface area contributed by atoms with Crippen molar-refractivity contribution in [2.75, 3.05) is 13.7 Å². The van der Waals surface area contributed by atoms with Gasteiger partial charge >= 0.3 is 0 Å². The van der Waals surface area contributed by atoms with Crippen molar-refractivity contribution >= 4 is 39.9 Å². The lowest BCUT2D eigenvalue weighted by Crippen LogP contribution is -2.51. The fourth-order valence-electron chi connectivity index (χ4n) is 5.35. The van der Waals surface area contributed by atoms with Crippen LogP contribution in [0.1, 0.15) is 34.3 Å². The Bertz CT molecular complexity index is 1370. The van der Waals surface area contributed by atoms with Crippen molar-refractivity contribution in [1.82, 2.24) is 10.2 Å². The molecular weight excluding hydrogens is 503 g/mol. The highest BCUT2D eigenvalue weighted by Gasteiger charge is 2.32. The molecule has 0 unspecified atom stereocenters. The van der Waals surface area contributed by atoms with Gasteiger partial charge in [-0.15, -0.1) is 0 Å². The average molecular weight is 533 g/mol. The summed E-state index contributed by atoms with van der Waals surface area (Å²) < 4.78 is 5.56. The van der Waals surface area contributed by atoms with E-state index in [2.05, 4.69) is 41.7 Å². The van der Waals surface area contributed by atoms with E-state index >= 15 is 0 Å². The van der Waals surface area contributed by atoms with Crippen molar-refractivity contribution in [2.24, 2.45) is 0 Å². The molecule has 4 nitrogen and oxygen atoms in total. The molecule has 1 heterocycles. The largest absolute Gasteiger partial charge is 0.496 e. The Morgan fingerprint density at radius 3 is 2.38 bits per heavy atom. The number of halogens is 2. The Hall–Kier alpha value is -3.05. The third kappa shape index (κ3) is 5.93. The number of benzene rings is 4. The molecule has 1 amide bonds. The second-order valence-electron chi connectivity index (χ2n) is 9.57. The lowest BCUT2D eigenvalue weighted by molar-refractivity contribution is 0.0576. The van der Waals surface area contributed by atoms with Gasteiger partial charge in [0.15, 0.2) is 0 Å². The lowest BCUT2D eigenvalue weighted by Gasteiger charge is -2.40. The maximum absolute atomic E-state index is 13.6. The average Bonchev–Trinajstić information content (AvgIpc) is 2.91. The second-order valence-corrected chi connectivity index (χ2v) is 10.4. The summed E-state index contributed by atoms with van der Waals surface area (Å²) in [5.74, 6) is 0.861. The molecule has 0 spiro atoms. The molecule has 5 rings (SSSR count). The molecule has 0 aliphatic carbocycles. The fourth-order valence-corrected chi connectivity index (χ4v) is 5.87. The summed E-state index contributed by atoms with van der Waals surface area (Å²) in [6, 6.07) is 28.3. The summed E-state index contributed by atoms with van der Waals surface area (Å²) in [4.78, 5) is 15.6. The summed E-state index contributed by atoms with van der Waals surface area (Å²) in [7, 11) is 1.71. The van der Waals surface area contributed by atoms with Crippen molar-refractivity contribution in [3.8, 4) is 5.75 Å². The number of hydrogen-bond donors (Lipinski definition) is 1. The van der Waals surface area contributed by atoms with Crippen LogP contribution in [0.5, 0.6) is 5.75 Å². The zero-order valence-electron chi connectivity index (χ0n) is 20.8. The van der Waals surface area contributed by atoms with Crippen molar-refractivity contribution < 1.29 is 9.53 Å². The first kappa shape index (κ1) is 25.6. The van der Waals surface area contributed by atoms with Gasteiger partial charge in [0.1, 0.15) is 5.75 Å². The van der Waals surface area contributed by atoms with Crippen LogP contribution in [-0.2, 0) is 13.0 Å². The summed E-state index contributed by atoms with van der Waals surface area (Å²) in [5.41, 5.74) is 2.99. The molecule has 1 aliphatic heterocycles. The van der Waals surface area contributed by atoms with Crippen molar-refractivity contribution in [3.05, 3.63) is 112 Å². The van der Waals surface area contributed by atoms with Gasteiger partial charge in [0.2, 0.25) is 0 Å². The maximum Gasteiger partial charge on any atom is 0.254 e. The van der Waals surface area contributed by atoms with Gasteiger partial charge in [0, 0.05) is 46.2 Å². The molecule has 1 aliphatic rings. The molecule has 1 fully saturated rings. The number of piperidine rings is 1. The molecule has 1 N–H and O–H groups in total. The van der Waals surface area contributed by atoms with E-state index in [4.69, 9.17) is 27.9 Å². The smallest absolute Gasteiger partial charge is 0.254 e. The van der Waals surface area contributed by atoms with Crippen LogP contribution in [-0.4, -0.2) is 36.5 Å². The van der Waals surface area contributed by atoms with E-state index < -0.39 is 0 Å². The van der Waals surface area contributed by atoms with Crippen LogP contribution in [0.4, 0.5) is 0 Å². The second kappa shape index (κ2) is 11.6. The van der Waals surface area contributed by atoms with Crippen molar-refractivity contribution in [2.45, 2.75) is 37.9 Å². The van der Waals surface area contributed by atoms with Gasteiger partial charge in [-0.1, -0.05) is 83.9 Å². The quantitative estimate of drug-likeness (QED) is 0.274. The Kier molecular flexibility index (Phi) is 7.99. The molecule has 190 valence electrons. The first-order valence-electron chi connectivity index (χ1n) is 12.6. The number of nitrogens with one attached hydrogen (secondary N) is 1. The normalized spacial score (nSPS) is 17.6. The Morgan fingerprint density at radius 2 is 1.65 bits per heavy atom. The van der Waals surface area contributed by atoms with E-state index in [0.717, 1.165) is 36.9 Å². The lowest BCUT2D eigenvalue weighted by atomic mass is 9.91. The Balaban J connectivity index is 1.34. The molecule has 0 aromatic heterocycles. The Labute approximate surface area is 228 Å². The number of nitrogens with zero attached hydrogens (tertiary/aromatic N) is 1. The van der Waals surface area contributed by atoms with Crippen LogP contribution in [0, 0.1) is 0 Å². The van der Waals surface area contributed by atoms with Gasteiger partial charge in [-0.05, 0) is 60.0 Å². The number of fused-ring (bicyclic) bond motifs is 1. The summed E-state index contributed by atoms with van der Waals surface area (Å²) in [6.45, 7) is 1.42. The van der Waals surface area contributed by atoms with Gasteiger partial charge < -0.3 is 15.0 Å². The predicted molar refractivity (Wildman–Crippen MR) is 152 cm³/mol. The standard InChI is InChI=1S/C31H30Cl2N2O2/c1-37-30-12-11-22(28-9-5-6-10-29(28)30)20-34-26-13-14-35(27(19-26)15-21-7-3-2-4-8-21)31(36)23-16-24(32)18-25(33)17-23/h2-12,16-18,26-27,34H,13-15,19-20H2,1H3/t26-,27+/m0/s1. The number of hydrogen-bond acceptors (Lipinski definition) is 3. The zero-order chi connectivity index (χ0) is 25.8. The SMILES string of the molecule is COc1ccc(CN[C@H]2CCN(C(=O)c3cc(Cl)cc(Cl)c3)[C@H](Cc3ccccc3)C2)c2ccccc12. The number of carbonyl (C=O) groups is 1. The number of likely N-dealkylation sites (tertiary alicyclic amines) is 1. The van der Waals surface area contributed by atoms with E-state index in [1.165, 1.54) is 16.5 Å². The molecule has 6 heteroatoms. The van der Waals surface area contributed by atoms with Crippen LogP contribution in [0.2, 0.25) is 10.0 Å². The minimum atomic E-state index is -0.0232. The van der Waals surface area contributed by atoms with E-state index in [-0.39, 0.29) is 11.9 Å². The number of rotatable bonds is 7. The minimum Gasteiger partial charge on any atom is -0.496 e. The van der Waals surface area contributed by atoms with Gasteiger partial charge in [-0.25, -0.2) is 0 Å². The third-order valence-electron chi connectivity index (χ3n) is 7.18. The molecule has 0 saturated carbocycles. The topological polar surface area (TPSA) is 41.6 Å². The summed E-state index contributed by atoms with van der Waals surface area (Å²) in [5, 5.41) is 7.03. The van der Waals surface area contributed by atoms with E-state index in [1.807, 2.05) is 35.2 Å². The highest BCUT2D eigenvalue weighted by atomic mass is 35.5. The number of methoxy groups -OCH3 is 1. The Morgan fingerprint density at radius 1 is 0.946 bits per heavy atom. The number of amides is 1. The number of ether oxygens (including phenoxy) is 1. The molecule has 4 aromatic rings. The van der Waals surface area contributed by atoms with Gasteiger partial charge in [-0.3, -0.25) is 4.79 Å². The van der Waals surface area contributed by atoms with Crippen molar-refractivity contribution in [3.63, 3.8) is 0 Å². The first-order valence-corrected chi connectivity index (χ1v) is 13.4. The molecular formula is C31H30Cl2N2O2. The number of carbonyl (C=O) groups excluding carboxylic acids is 1. The van der Waals surface area contributed by atoms with Crippen LogP contribution in [0.15, 0.2) is 84.9 Å². The fraction of sp³-hybridized carbons (Fsp3) is 0.258. The highest BCUT2D eigenvalue weighted by Crippen LogP contribution is 2.30. The van der Waals surface area contributed by atoms with E-state index in [1.54, 1.807) is 25.3 Å². The van der Waals surface area contributed by atoms with Crippen LogP contribution >= 0.6 is 23.2 Å². The van der Waals surface area contributed by atoms with Crippen LogP contribution in [0.25, 0.3) is 10.8 Å². The molecule has 1 saturated heterocycles. The maximum atomic E-state index is 13.6. The first-order chi connectivity index (χ1) is 18.0. The molecule has 2 atom stereocenters. The molecule has 0 radical (unpaired) electrons. The van der Waals surface area contributed by atoms with E-state index in [9.17, 15) is 4.79 Å². The van der Waals surface area contributed by atoms with Gasteiger partial charge in [0.25, 0.3) is 5.91 Å².